The van der Waals surface area contributed by atoms with Crippen LogP contribution in [0.15, 0.2) is 26.1 Å². The number of hydrogen-bond acceptors (Lipinski definition) is 8. The van der Waals surface area contributed by atoms with Gasteiger partial charge in [0.2, 0.25) is 5.76 Å². The lowest BCUT2D eigenvalue weighted by molar-refractivity contribution is -0.152. The number of nitrogens with two attached hydrogens (primary N) is 1. The molecule has 0 saturated heterocycles. The molecule has 0 unspecified atom stereocenters. The van der Waals surface area contributed by atoms with Crippen molar-refractivity contribution < 1.29 is 22.7 Å². The second kappa shape index (κ2) is 6.09. The van der Waals surface area contributed by atoms with Crippen molar-refractivity contribution in [3.05, 3.63) is 38.0 Å². The van der Waals surface area contributed by atoms with E-state index >= 15 is 0 Å². The third-order valence-corrected chi connectivity index (χ3v) is 4.47. The quantitative estimate of drug-likeness (QED) is 0.393. The Morgan fingerprint density at radius 3 is 2.54 bits per heavy atom. The molecule has 0 amide bonds. The summed E-state index contributed by atoms with van der Waals surface area (Å²) in [7, 11) is 0. The minimum Gasteiger partial charge on any atom is -0.505 e. The Morgan fingerprint density at radius 1 is 1.35 bits per heavy atom. The van der Waals surface area contributed by atoms with Gasteiger partial charge in [-0.3, -0.25) is 0 Å². The van der Waals surface area contributed by atoms with E-state index < -0.39 is 28.6 Å². The van der Waals surface area contributed by atoms with Crippen LogP contribution in [-0.2, 0) is 6.18 Å². The van der Waals surface area contributed by atoms with Gasteiger partial charge in [0.25, 0.3) is 0 Å². The van der Waals surface area contributed by atoms with Gasteiger partial charge < -0.3 is 15.4 Å². The van der Waals surface area contributed by atoms with Gasteiger partial charge in [0.1, 0.15) is 10.9 Å². The van der Waals surface area contributed by atoms with Gasteiger partial charge in [0.15, 0.2) is 11.4 Å². The van der Waals surface area contributed by atoms with Crippen LogP contribution in [0.2, 0.25) is 0 Å². The standard InChI is InChI=1S/C15H11F3N4O3S/c1-5-3-8-10(13(23)11(5)22-24)12(21-19)9(7-4-26-6(2)20-7)14(25-8)15(16,17)18/h3-4,23H,19H2,1-2H3/b21-12-. The van der Waals surface area contributed by atoms with E-state index in [1.165, 1.54) is 12.3 Å². The Kier molecular flexibility index (Phi) is 4.18. The lowest BCUT2D eigenvalue weighted by atomic mass is 10.0. The first-order valence-corrected chi connectivity index (χ1v) is 7.97. The van der Waals surface area contributed by atoms with Crippen molar-refractivity contribution in [2.45, 2.75) is 20.0 Å². The number of rotatable bonds is 2. The maximum Gasteiger partial charge on any atom is 0.450 e. The van der Waals surface area contributed by atoms with E-state index in [9.17, 15) is 23.2 Å². The molecule has 0 saturated carbocycles. The molecule has 2 heterocycles. The molecule has 1 aromatic carbocycles. The first-order valence-electron chi connectivity index (χ1n) is 7.09. The number of hydrogen-bond donors (Lipinski definition) is 2. The first-order chi connectivity index (χ1) is 12.2. The predicted octanol–water partition coefficient (Wildman–Crippen LogP) is 4.07. The van der Waals surface area contributed by atoms with Crippen LogP contribution in [0.25, 0.3) is 22.2 Å². The molecule has 3 aromatic rings. The summed E-state index contributed by atoms with van der Waals surface area (Å²) in [4.78, 5) is 15.0. The van der Waals surface area contributed by atoms with Crippen molar-refractivity contribution in [3.63, 3.8) is 0 Å². The fourth-order valence-electron chi connectivity index (χ4n) is 2.62. The third kappa shape index (κ3) is 2.69. The molecule has 0 spiro atoms. The van der Waals surface area contributed by atoms with Crippen LogP contribution in [0, 0.1) is 18.8 Å². The molecule has 11 heteroatoms. The van der Waals surface area contributed by atoms with Gasteiger partial charge in [-0.25, -0.2) is 4.98 Å². The summed E-state index contributed by atoms with van der Waals surface area (Å²) in [5, 5.41) is 17.7. The number of benzene rings is 1. The molecular weight excluding hydrogens is 373 g/mol. The van der Waals surface area contributed by atoms with Gasteiger partial charge in [0, 0.05) is 5.38 Å². The summed E-state index contributed by atoms with van der Waals surface area (Å²) in [5.41, 5.74) is -1.11. The van der Waals surface area contributed by atoms with E-state index in [2.05, 4.69) is 15.3 Å². The predicted molar refractivity (Wildman–Crippen MR) is 88.7 cm³/mol. The highest BCUT2D eigenvalue weighted by Gasteiger charge is 2.40. The fourth-order valence-corrected chi connectivity index (χ4v) is 3.23. The van der Waals surface area contributed by atoms with Crippen molar-refractivity contribution in [2.24, 2.45) is 16.1 Å². The van der Waals surface area contributed by atoms with Crippen LogP contribution >= 0.6 is 11.3 Å². The molecule has 26 heavy (non-hydrogen) atoms. The molecule has 0 aliphatic rings. The van der Waals surface area contributed by atoms with Gasteiger partial charge in [0.05, 0.1) is 21.7 Å². The Morgan fingerprint density at radius 2 is 2.04 bits per heavy atom. The number of nitroso groups, excluding NO2 is 1. The Labute approximate surface area is 147 Å². The van der Waals surface area contributed by atoms with Crippen LogP contribution in [0.5, 0.6) is 5.75 Å². The Hall–Kier alpha value is -2.95. The SMILES string of the molecule is Cc1nc(-c2c(C(F)(F)F)oc3cc(C)c(N=O)c(O)c3/c2=N\N)cs1. The zero-order chi connectivity index (χ0) is 19.2. The third-order valence-electron chi connectivity index (χ3n) is 3.69. The molecule has 7 nitrogen and oxygen atoms in total. The molecule has 136 valence electrons. The average molecular weight is 384 g/mol. The molecule has 3 rings (SSSR count). The minimum atomic E-state index is -4.87. The van der Waals surface area contributed by atoms with E-state index in [4.69, 9.17) is 10.3 Å². The van der Waals surface area contributed by atoms with Crippen LogP contribution < -0.4 is 11.2 Å². The lowest BCUT2D eigenvalue weighted by Crippen LogP contribution is -2.19. The zero-order valence-corrected chi connectivity index (χ0v) is 14.2. The molecule has 3 N–H and O–H groups in total. The lowest BCUT2D eigenvalue weighted by Gasteiger charge is -2.14. The van der Waals surface area contributed by atoms with Crippen molar-refractivity contribution in [1.82, 2.24) is 4.98 Å². The normalized spacial score (nSPS) is 12.7. The van der Waals surface area contributed by atoms with Gasteiger partial charge in [-0.1, -0.05) is 0 Å². The zero-order valence-electron chi connectivity index (χ0n) is 13.4. The maximum absolute atomic E-state index is 13.6. The number of alkyl halides is 3. The van der Waals surface area contributed by atoms with Crippen molar-refractivity contribution >= 4 is 28.0 Å². The van der Waals surface area contributed by atoms with E-state index in [0.29, 0.717) is 5.01 Å². The molecule has 0 fully saturated rings. The summed E-state index contributed by atoms with van der Waals surface area (Å²) in [6.07, 6.45) is -4.87. The van der Waals surface area contributed by atoms with Crippen LogP contribution in [0.4, 0.5) is 18.9 Å². The van der Waals surface area contributed by atoms with Gasteiger partial charge in [-0.15, -0.1) is 16.2 Å². The van der Waals surface area contributed by atoms with E-state index in [0.717, 1.165) is 17.4 Å². The number of halogens is 3. The monoisotopic (exact) mass is 384 g/mol. The van der Waals surface area contributed by atoms with Crippen molar-refractivity contribution in [2.75, 3.05) is 0 Å². The summed E-state index contributed by atoms with van der Waals surface area (Å²) in [6.45, 7) is 3.02. The number of fused-ring (bicyclic) bond motifs is 1. The summed E-state index contributed by atoms with van der Waals surface area (Å²) in [6, 6.07) is 1.16. The molecule has 0 aliphatic heterocycles. The smallest absolute Gasteiger partial charge is 0.450 e. The Balaban J connectivity index is 2.61. The maximum atomic E-state index is 13.6. The number of aromatic nitrogens is 1. The number of aromatic hydroxyl groups is 1. The number of thiazole rings is 1. The number of nitrogens with zero attached hydrogens (tertiary/aromatic N) is 3. The van der Waals surface area contributed by atoms with E-state index in [1.54, 1.807) is 6.92 Å². The highest BCUT2D eigenvalue weighted by atomic mass is 32.1. The van der Waals surface area contributed by atoms with E-state index in [-0.39, 0.29) is 27.9 Å². The second-order valence-electron chi connectivity index (χ2n) is 5.39. The average Bonchev–Trinajstić information content (AvgIpc) is 2.98. The van der Waals surface area contributed by atoms with Crippen molar-refractivity contribution in [1.29, 1.82) is 0 Å². The largest absolute Gasteiger partial charge is 0.505 e. The van der Waals surface area contributed by atoms with Gasteiger partial charge in [-0.05, 0) is 30.7 Å². The summed E-state index contributed by atoms with van der Waals surface area (Å²) in [5.74, 6) is 3.32. The second-order valence-corrected chi connectivity index (χ2v) is 6.45. The van der Waals surface area contributed by atoms with Gasteiger partial charge in [-0.2, -0.15) is 18.3 Å². The highest BCUT2D eigenvalue weighted by Crippen LogP contribution is 2.42. The highest BCUT2D eigenvalue weighted by molar-refractivity contribution is 7.09. The van der Waals surface area contributed by atoms with Gasteiger partial charge >= 0.3 is 6.18 Å². The number of aryl methyl sites for hydroxylation is 2. The molecule has 0 radical (unpaired) electrons. The number of phenols is 1. The molecule has 2 aromatic heterocycles. The van der Waals surface area contributed by atoms with Crippen LogP contribution in [0.1, 0.15) is 16.3 Å². The minimum absolute atomic E-state index is 0.0599. The molecule has 0 aliphatic carbocycles. The summed E-state index contributed by atoms with van der Waals surface area (Å²) < 4.78 is 45.8. The molecular formula is C15H11F3N4O3S. The van der Waals surface area contributed by atoms with E-state index in [1.807, 2.05) is 0 Å². The molecule has 0 atom stereocenters. The first kappa shape index (κ1) is 17.9. The fraction of sp³-hybridized carbons (Fsp3) is 0.200. The Bertz CT molecular complexity index is 1100. The number of phenolic OH excluding ortho intramolecular Hbond substituents is 1. The summed E-state index contributed by atoms with van der Waals surface area (Å²) >= 11 is 1.12. The van der Waals surface area contributed by atoms with Crippen LogP contribution in [-0.4, -0.2) is 10.1 Å². The molecule has 0 bridgehead atoms. The van der Waals surface area contributed by atoms with Crippen LogP contribution in [0.3, 0.4) is 0 Å². The topological polar surface area (TPSA) is 114 Å². The van der Waals surface area contributed by atoms with Crippen molar-refractivity contribution in [3.8, 4) is 17.0 Å².